The molecule has 0 aromatic heterocycles. The SMILES string of the molecule is CCCC[P+](CCCC)(CCCC)CCCN.C[C@H](N)C(=O)[O-]. The van der Waals surface area contributed by atoms with E-state index in [1.165, 1.54) is 58.0 Å². The first-order valence-electron chi connectivity index (χ1n) is 9.40. The van der Waals surface area contributed by atoms with Gasteiger partial charge in [0.25, 0.3) is 0 Å². The number of carboxylic acids is 1. The van der Waals surface area contributed by atoms with Crippen molar-refractivity contribution in [2.45, 2.75) is 78.7 Å². The average molecular weight is 349 g/mol. The Labute approximate surface area is 145 Å². The molecule has 0 saturated carbocycles. The molecule has 0 aliphatic heterocycles. The Bertz CT molecular complexity index is 236. The molecule has 1 atom stereocenters. The molecule has 23 heavy (non-hydrogen) atoms. The average Bonchev–Trinajstić information content (AvgIpc) is 2.54. The van der Waals surface area contributed by atoms with Crippen LogP contribution >= 0.6 is 7.26 Å². The first kappa shape index (κ1) is 25.1. The predicted octanol–water partition coefficient (Wildman–Crippen LogP) is 2.84. The van der Waals surface area contributed by atoms with E-state index < -0.39 is 19.3 Å². The Morgan fingerprint density at radius 1 is 0.913 bits per heavy atom. The third-order valence-electron chi connectivity index (χ3n) is 4.17. The van der Waals surface area contributed by atoms with Gasteiger partial charge in [0.2, 0.25) is 0 Å². The van der Waals surface area contributed by atoms with Gasteiger partial charge in [-0.2, -0.15) is 0 Å². The molecule has 0 rings (SSSR count). The smallest absolute Gasteiger partial charge is 0.0606 e. The summed E-state index contributed by atoms with van der Waals surface area (Å²) in [6.45, 7) is 9.24. The molecule has 140 valence electrons. The lowest BCUT2D eigenvalue weighted by molar-refractivity contribution is -0.306. The molecule has 0 aliphatic carbocycles. The molecule has 0 aliphatic rings. The van der Waals surface area contributed by atoms with E-state index in [0.29, 0.717) is 0 Å². The van der Waals surface area contributed by atoms with E-state index >= 15 is 0 Å². The number of unbranched alkanes of at least 4 members (excludes halogenated alkanes) is 3. The lowest BCUT2D eigenvalue weighted by Crippen LogP contribution is -2.39. The van der Waals surface area contributed by atoms with E-state index in [0.717, 1.165) is 6.54 Å². The fourth-order valence-corrected chi connectivity index (χ4v) is 7.73. The van der Waals surface area contributed by atoms with Crippen LogP contribution in [0.2, 0.25) is 0 Å². The van der Waals surface area contributed by atoms with Gasteiger partial charge in [0.05, 0.1) is 30.6 Å². The van der Waals surface area contributed by atoms with E-state index in [-0.39, 0.29) is 0 Å². The lowest BCUT2D eigenvalue weighted by atomic mass is 10.4. The van der Waals surface area contributed by atoms with Crippen LogP contribution in [0.25, 0.3) is 0 Å². The number of carboxylic acid groups (broad SMARTS) is 1. The Morgan fingerprint density at radius 3 is 1.43 bits per heavy atom. The number of rotatable bonds is 13. The van der Waals surface area contributed by atoms with E-state index in [4.69, 9.17) is 11.5 Å². The van der Waals surface area contributed by atoms with E-state index in [9.17, 15) is 9.90 Å². The lowest BCUT2D eigenvalue weighted by Gasteiger charge is -2.28. The monoisotopic (exact) mass is 348 g/mol. The van der Waals surface area contributed by atoms with Gasteiger partial charge >= 0.3 is 0 Å². The molecule has 0 radical (unpaired) electrons. The largest absolute Gasteiger partial charge is 0.548 e. The molecular formula is C18H41N2O2P. The number of carbonyl (C=O) groups excluding carboxylic acids is 1. The molecule has 0 spiro atoms. The second kappa shape index (κ2) is 16.7. The minimum Gasteiger partial charge on any atom is -0.548 e. The van der Waals surface area contributed by atoms with Crippen molar-refractivity contribution in [2.24, 2.45) is 11.5 Å². The summed E-state index contributed by atoms with van der Waals surface area (Å²) in [6.07, 6.45) is 15.8. The summed E-state index contributed by atoms with van der Waals surface area (Å²) in [4.78, 5) is 9.46. The Balaban J connectivity index is 0. The molecule has 0 amide bonds. The van der Waals surface area contributed by atoms with Gasteiger partial charge in [-0.3, -0.25) is 0 Å². The Morgan fingerprint density at radius 2 is 1.22 bits per heavy atom. The second-order valence-corrected chi connectivity index (χ2v) is 11.0. The van der Waals surface area contributed by atoms with Gasteiger partial charge in [-0.05, 0) is 39.2 Å². The maximum Gasteiger partial charge on any atom is 0.0606 e. The van der Waals surface area contributed by atoms with Crippen LogP contribution in [0, 0.1) is 0 Å². The molecule has 4 nitrogen and oxygen atoms in total. The van der Waals surface area contributed by atoms with Crippen LogP contribution in [-0.2, 0) is 4.79 Å². The first-order valence-corrected chi connectivity index (χ1v) is 11.9. The molecule has 5 heteroatoms. The van der Waals surface area contributed by atoms with Crippen LogP contribution < -0.4 is 16.6 Å². The van der Waals surface area contributed by atoms with Crippen molar-refractivity contribution in [1.29, 1.82) is 0 Å². The summed E-state index contributed by atoms with van der Waals surface area (Å²) in [5.41, 5.74) is 10.5. The first-order chi connectivity index (χ1) is 10.9. The van der Waals surface area contributed by atoms with Crippen LogP contribution in [0.4, 0.5) is 0 Å². The number of hydrogen-bond donors (Lipinski definition) is 2. The van der Waals surface area contributed by atoms with E-state index in [1.54, 1.807) is 18.5 Å². The third kappa shape index (κ3) is 15.1. The minimum atomic E-state index is -1.21. The zero-order valence-electron chi connectivity index (χ0n) is 16.0. The van der Waals surface area contributed by atoms with Gasteiger partial charge in [0, 0.05) is 13.3 Å². The number of carbonyl (C=O) groups is 1. The molecule has 4 N–H and O–H groups in total. The van der Waals surface area contributed by atoms with Crippen molar-refractivity contribution in [3.05, 3.63) is 0 Å². The quantitative estimate of drug-likeness (QED) is 0.501. The molecule has 0 fully saturated rings. The number of aliphatic carboxylic acids is 1. The van der Waals surface area contributed by atoms with Gasteiger partial charge in [0.1, 0.15) is 0 Å². The van der Waals surface area contributed by atoms with Gasteiger partial charge in [-0.15, -0.1) is 0 Å². The molecule has 0 bridgehead atoms. The highest BCUT2D eigenvalue weighted by Crippen LogP contribution is 2.61. The second-order valence-electron chi connectivity index (χ2n) is 6.55. The van der Waals surface area contributed by atoms with Crippen molar-refractivity contribution in [3.63, 3.8) is 0 Å². The maximum absolute atomic E-state index is 9.46. The normalized spacial score (nSPS) is 12.4. The van der Waals surface area contributed by atoms with Crippen molar-refractivity contribution in [1.82, 2.24) is 0 Å². The van der Waals surface area contributed by atoms with Crippen LogP contribution in [0.15, 0.2) is 0 Å². The summed E-state index contributed by atoms with van der Waals surface area (Å²) in [5.74, 6) is -1.21. The van der Waals surface area contributed by atoms with Crippen molar-refractivity contribution >= 4 is 13.2 Å². The summed E-state index contributed by atoms with van der Waals surface area (Å²) >= 11 is 0. The topological polar surface area (TPSA) is 92.2 Å². The standard InChI is InChI=1S/C15H35NP.C3H7NO2/c1-4-7-12-17(13-8-5-2,14-9-6-3)15-10-11-16;1-2(4)3(5)6/h4-16H2,1-3H3;2H,4H2,1H3,(H,5,6)/q+1;/p-1/t;2-/m.0/s1. The summed E-state index contributed by atoms with van der Waals surface area (Å²) in [5, 5.41) is 9.46. The van der Waals surface area contributed by atoms with Crippen LogP contribution in [0.3, 0.4) is 0 Å². The van der Waals surface area contributed by atoms with Crippen LogP contribution in [0.5, 0.6) is 0 Å². The Hall–Kier alpha value is -0.180. The highest BCUT2D eigenvalue weighted by Gasteiger charge is 2.34. The number of nitrogens with two attached hydrogens (primary N) is 2. The third-order valence-corrected chi connectivity index (χ3v) is 9.23. The highest BCUT2D eigenvalue weighted by molar-refractivity contribution is 7.75. The fraction of sp³-hybridized carbons (Fsp3) is 0.944. The molecule has 0 saturated heterocycles. The van der Waals surface area contributed by atoms with E-state index in [1.807, 2.05) is 0 Å². The van der Waals surface area contributed by atoms with Gasteiger partial charge < -0.3 is 21.4 Å². The van der Waals surface area contributed by atoms with Crippen molar-refractivity contribution < 1.29 is 9.90 Å². The molecule has 0 heterocycles. The fourth-order valence-electron chi connectivity index (χ4n) is 2.58. The zero-order chi connectivity index (χ0) is 18.1. The van der Waals surface area contributed by atoms with Gasteiger partial charge in [0.15, 0.2) is 0 Å². The molecule has 0 aromatic rings. The van der Waals surface area contributed by atoms with Gasteiger partial charge in [-0.25, -0.2) is 0 Å². The maximum atomic E-state index is 9.46. The van der Waals surface area contributed by atoms with Crippen LogP contribution in [0.1, 0.15) is 72.6 Å². The highest BCUT2D eigenvalue weighted by atomic mass is 31.2. The predicted molar refractivity (Wildman–Crippen MR) is 103 cm³/mol. The zero-order valence-corrected chi connectivity index (χ0v) is 16.9. The summed E-state index contributed by atoms with van der Waals surface area (Å²) < 4.78 is 0. The molecule has 0 aromatic carbocycles. The Kier molecular flexibility index (Phi) is 18.2. The van der Waals surface area contributed by atoms with Gasteiger partial charge in [-0.1, -0.05) is 40.0 Å². The summed E-state index contributed by atoms with van der Waals surface area (Å²) in [6, 6.07) is -0.843. The summed E-state index contributed by atoms with van der Waals surface area (Å²) in [7, 11) is -0.642. The van der Waals surface area contributed by atoms with Crippen molar-refractivity contribution in [3.8, 4) is 0 Å². The molecule has 0 unspecified atom stereocenters. The van der Waals surface area contributed by atoms with Crippen LogP contribution in [-0.4, -0.2) is 43.2 Å². The van der Waals surface area contributed by atoms with Crippen molar-refractivity contribution in [2.75, 3.05) is 31.2 Å². The molecular weight excluding hydrogens is 307 g/mol. The minimum absolute atomic E-state index is 0.642. The number of hydrogen-bond acceptors (Lipinski definition) is 4. The van der Waals surface area contributed by atoms with E-state index in [2.05, 4.69) is 20.8 Å².